The van der Waals surface area contributed by atoms with Gasteiger partial charge in [0, 0.05) is 36.9 Å². The Labute approximate surface area is 187 Å². The molecule has 2 fully saturated rings. The Balaban J connectivity index is 1.33. The quantitative estimate of drug-likeness (QED) is 0.466. The minimum atomic E-state index is -0.492. The molecule has 1 saturated carbocycles. The first-order chi connectivity index (χ1) is 15.6. The van der Waals surface area contributed by atoms with Gasteiger partial charge in [-0.25, -0.2) is 14.8 Å². The van der Waals surface area contributed by atoms with Gasteiger partial charge in [-0.15, -0.1) is 0 Å². The fourth-order valence-corrected chi connectivity index (χ4v) is 4.53. The highest BCUT2D eigenvalue weighted by molar-refractivity contribution is 5.89. The Kier molecular flexibility index (Phi) is 7.10. The molecule has 0 radical (unpaired) electrons. The predicted octanol–water partition coefficient (Wildman–Crippen LogP) is 3.08. The lowest BCUT2D eigenvalue weighted by Crippen LogP contribution is -2.57. The molecule has 10 nitrogen and oxygen atoms in total. The van der Waals surface area contributed by atoms with E-state index in [4.69, 9.17) is 0 Å². The van der Waals surface area contributed by atoms with Crippen molar-refractivity contribution in [2.75, 3.05) is 23.3 Å². The number of amides is 2. The fraction of sp³-hybridized carbons (Fsp3) is 0.500. The fourth-order valence-electron chi connectivity index (χ4n) is 4.53. The summed E-state index contributed by atoms with van der Waals surface area (Å²) >= 11 is 0. The Hall–Kier alpha value is -3.27. The van der Waals surface area contributed by atoms with E-state index in [9.17, 15) is 14.9 Å². The smallest absolute Gasteiger partial charge is 0.319 e. The summed E-state index contributed by atoms with van der Waals surface area (Å²) in [7, 11) is 0. The maximum Gasteiger partial charge on any atom is 0.319 e. The van der Waals surface area contributed by atoms with Crippen LogP contribution in [0, 0.1) is 10.1 Å². The first-order valence-electron chi connectivity index (χ1n) is 11.2. The van der Waals surface area contributed by atoms with Gasteiger partial charge in [0.2, 0.25) is 5.95 Å². The molecule has 2 amide bonds. The Morgan fingerprint density at radius 1 is 1.03 bits per heavy atom. The number of hydrogen-bond donors (Lipinski definition) is 3. The molecule has 0 spiro atoms. The Bertz CT molecular complexity index is 910. The van der Waals surface area contributed by atoms with Crippen LogP contribution in [0.1, 0.15) is 38.5 Å². The van der Waals surface area contributed by atoms with E-state index in [-0.39, 0.29) is 29.8 Å². The molecule has 1 aliphatic carbocycles. The van der Waals surface area contributed by atoms with Crippen LogP contribution in [0.3, 0.4) is 0 Å². The van der Waals surface area contributed by atoms with Crippen molar-refractivity contribution in [3.63, 3.8) is 0 Å². The number of carbonyl (C=O) groups excluding carboxylic acids is 1. The summed E-state index contributed by atoms with van der Waals surface area (Å²) in [5.41, 5.74) is 0.668. The van der Waals surface area contributed by atoms with E-state index in [1.54, 1.807) is 0 Å². The van der Waals surface area contributed by atoms with Gasteiger partial charge >= 0.3 is 11.7 Å². The number of rotatable bonds is 6. The van der Waals surface area contributed by atoms with Gasteiger partial charge in [0.1, 0.15) is 12.4 Å². The van der Waals surface area contributed by atoms with Crippen LogP contribution in [-0.4, -0.2) is 52.1 Å². The number of urea groups is 1. The van der Waals surface area contributed by atoms with Crippen molar-refractivity contribution in [1.82, 2.24) is 20.6 Å². The minimum Gasteiger partial charge on any atom is -0.339 e. The van der Waals surface area contributed by atoms with Crippen molar-refractivity contribution >= 4 is 23.4 Å². The van der Waals surface area contributed by atoms with Crippen LogP contribution >= 0.6 is 0 Å². The molecule has 2 heterocycles. The van der Waals surface area contributed by atoms with Crippen molar-refractivity contribution in [3.8, 4) is 0 Å². The second-order valence-corrected chi connectivity index (χ2v) is 8.41. The number of piperidine rings is 1. The van der Waals surface area contributed by atoms with Gasteiger partial charge in [0.25, 0.3) is 0 Å². The van der Waals surface area contributed by atoms with E-state index in [1.165, 1.54) is 12.4 Å². The molecule has 2 aromatic rings. The largest absolute Gasteiger partial charge is 0.339 e. The van der Waals surface area contributed by atoms with E-state index in [0.717, 1.165) is 57.3 Å². The number of anilines is 2. The third kappa shape index (κ3) is 5.70. The first-order valence-corrected chi connectivity index (χ1v) is 11.2. The summed E-state index contributed by atoms with van der Waals surface area (Å²) in [4.78, 5) is 33.3. The molecule has 170 valence electrons. The summed E-state index contributed by atoms with van der Waals surface area (Å²) in [6, 6.07) is 9.77. The maximum atomic E-state index is 12.5. The number of carbonyl (C=O) groups is 1. The van der Waals surface area contributed by atoms with Crippen LogP contribution in [0.25, 0.3) is 0 Å². The number of hydrogen-bond acceptors (Lipinski definition) is 7. The SMILES string of the molecule is O=C(Nc1ccccc1)N[C@@H]1CCCC[C@H]1N[C@H]1CCCN(c2ncc([N+](=O)[O-])cn2)C1. The van der Waals surface area contributed by atoms with Crippen molar-refractivity contribution in [1.29, 1.82) is 0 Å². The average molecular weight is 440 g/mol. The zero-order valence-electron chi connectivity index (χ0n) is 17.9. The minimum absolute atomic E-state index is 0.0680. The molecule has 2 aliphatic rings. The van der Waals surface area contributed by atoms with Crippen molar-refractivity contribution in [2.45, 2.75) is 56.7 Å². The highest BCUT2D eigenvalue weighted by atomic mass is 16.6. The van der Waals surface area contributed by atoms with E-state index in [1.807, 2.05) is 30.3 Å². The van der Waals surface area contributed by atoms with Gasteiger partial charge in [-0.1, -0.05) is 31.0 Å². The molecule has 10 heteroatoms. The van der Waals surface area contributed by atoms with Gasteiger partial charge in [-0.2, -0.15) is 0 Å². The highest BCUT2D eigenvalue weighted by Gasteiger charge is 2.30. The summed E-state index contributed by atoms with van der Waals surface area (Å²) in [5, 5.41) is 20.7. The first kappa shape index (κ1) is 21.9. The lowest BCUT2D eigenvalue weighted by Gasteiger charge is -2.39. The molecule has 3 atom stereocenters. The zero-order valence-corrected chi connectivity index (χ0v) is 17.9. The van der Waals surface area contributed by atoms with E-state index < -0.39 is 4.92 Å². The van der Waals surface area contributed by atoms with E-state index in [0.29, 0.717) is 5.95 Å². The number of nitrogens with one attached hydrogen (secondary N) is 3. The number of aromatic nitrogens is 2. The van der Waals surface area contributed by atoms with Crippen LogP contribution in [0.15, 0.2) is 42.7 Å². The predicted molar refractivity (Wildman–Crippen MR) is 122 cm³/mol. The molecular formula is C22H29N7O3. The third-order valence-corrected chi connectivity index (χ3v) is 6.10. The zero-order chi connectivity index (χ0) is 22.3. The number of para-hydroxylation sites is 1. The number of nitro groups is 1. The molecule has 3 N–H and O–H groups in total. The Morgan fingerprint density at radius 3 is 2.47 bits per heavy atom. The normalized spacial score (nSPS) is 23.4. The van der Waals surface area contributed by atoms with E-state index in [2.05, 4.69) is 30.8 Å². The lowest BCUT2D eigenvalue weighted by atomic mass is 9.89. The molecule has 0 unspecified atom stereocenters. The molecular weight excluding hydrogens is 410 g/mol. The van der Waals surface area contributed by atoms with Crippen molar-refractivity contribution in [3.05, 3.63) is 52.8 Å². The molecule has 0 bridgehead atoms. The third-order valence-electron chi connectivity index (χ3n) is 6.10. The topological polar surface area (TPSA) is 125 Å². The molecule has 32 heavy (non-hydrogen) atoms. The van der Waals surface area contributed by atoms with Crippen LogP contribution in [0.4, 0.5) is 22.1 Å². The number of nitrogens with zero attached hydrogens (tertiary/aromatic N) is 4. The second kappa shape index (κ2) is 10.4. The lowest BCUT2D eigenvalue weighted by molar-refractivity contribution is -0.385. The van der Waals surface area contributed by atoms with Crippen LogP contribution < -0.4 is 20.9 Å². The van der Waals surface area contributed by atoms with Gasteiger partial charge in [-0.05, 0) is 37.8 Å². The van der Waals surface area contributed by atoms with Gasteiger partial charge in [0.15, 0.2) is 0 Å². The molecule has 1 aromatic heterocycles. The number of benzene rings is 1. The van der Waals surface area contributed by atoms with Crippen LogP contribution in [0.5, 0.6) is 0 Å². The summed E-state index contributed by atoms with van der Waals surface area (Å²) < 4.78 is 0. The summed E-state index contributed by atoms with van der Waals surface area (Å²) in [6.45, 7) is 1.55. The average Bonchev–Trinajstić information content (AvgIpc) is 2.81. The van der Waals surface area contributed by atoms with Crippen LogP contribution in [-0.2, 0) is 0 Å². The van der Waals surface area contributed by atoms with Crippen molar-refractivity contribution in [2.24, 2.45) is 0 Å². The highest BCUT2D eigenvalue weighted by Crippen LogP contribution is 2.23. The molecule has 1 aliphatic heterocycles. The molecule has 1 aromatic carbocycles. The van der Waals surface area contributed by atoms with E-state index >= 15 is 0 Å². The standard InChI is InChI=1S/C22H29N7O3/c30-22(26-16-7-2-1-3-8-16)27-20-11-5-4-10-19(20)25-17-9-6-12-28(15-17)21-23-13-18(14-24-21)29(31)32/h1-3,7-8,13-14,17,19-20,25H,4-6,9-12,15H2,(H2,26,27,30)/t17-,19+,20+/m0/s1. The van der Waals surface area contributed by atoms with Gasteiger partial charge in [-0.3, -0.25) is 10.1 Å². The Morgan fingerprint density at radius 2 is 1.75 bits per heavy atom. The van der Waals surface area contributed by atoms with Gasteiger partial charge < -0.3 is 20.9 Å². The molecule has 4 rings (SSSR count). The van der Waals surface area contributed by atoms with Gasteiger partial charge in [0.05, 0.1) is 4.92 Å². The molecule has 1 saturated heterocycles. The maximum absolute atomic E-state index is 12.5. The monoisotopic (exact) mass is 439 g/mol. The summed E-state index contributed by atoms with van der Waals surface area (Å²) in [6.07, 6.45) is 8.72. The summed E-state index contributed by atoms with van der Waals surface area (Å²) in [5.74, 6) is 0.516. The second-order valence-electron chi connectivity index (χ2n) is 8.41. The van der Waals surface area contributed by atoms with Crippen LogP contribution in [0.2, 0.25) is 0 Å². The van der Waals surface area contributed by atoms with Crippen molar-refractivity contribution < 1.29 is 9.72 Å².